The fourth-order valence-corrected chi connectivity index (χ4v) is 3.43. The van der Waals surface area contributed by atoms with Crippen molar-refractivity contribution in [1.29, 1.82) is 0 Å². The van der Waals surface area contributed by atoms with Crippen LogP contribution >= 0.6 is 0 Å². The van der Waals surface area contributed by atoms with Gasteiger partial charge in [-0.3, -0.25) is 4.72 Å². The highest BCUT2D eigenvalue weighted by molar-refractivity contribution is 7.92. The maximum Gasteiger partial charge on any atom is 0.340 e. The molecule has 0 bridgehead atoms. The van der Waals surface area contributed by atoms with Crippen LogP contribution in [0.2, 0.25) is 0 Å². The van der Waals surface area contributed by atoms with E-state index < -0.39 is 16.0 Å². The van der Waals surface area contributed by atoms with E-state index in [-0.39, 0.29) is 16.1 Å². The molecule has 2 aromatic rings. The van der Waals surface area contributed by atoms with Crippen molar-refractivity contribution in [3.05, 3.63) is 53.6 Å². The molecule has 6 nitrogen and oxygen atoms in total. The summed E-state index contributed by atoms with van der Waals surface area (Å²) < 4.78 is 37.4. The first kappa shape index (κ1) is 18.8. The fourth-order valence-electron chi connectivity index (χ4n) is 2.35. The van der Waals surface area contributed by atoms with Crippen molar-refractivity contribution < 1.29 is 22.7 Å². The number of anilines is 1. The van der Waals surface area contributed by atoms with Gasteiger partial charge < -0.3 is 9.47 Å². The summed E-state index contributed by atoms with van der Waals surface area (Å²) in [7, 11) is -1.14. The van der Waals surface area contributed by atoms with Crippen LogP contribution in [0.15, 0.2) is 47.4 Å². The molecule has 0 aliphatic carbocycles. The molecule has 0 fully saturated rings. The highest BCUT2D eigenvalue weighted by atomic mass is 32.2. The Hall–Kier alpha value is -2.54. The standard InChI is InChI=1S/C18H21NO5S/c1-4-5-13-6-9-15(10-7-13)25(21,22)19-17-11-8-14(23-2)12-16(17)18(20)24-3/h6-12,19H,4-5H2,1-3H3. The fraction of sp³-hybridized carbons (Fsp3) is 0.278. The minimum absolute atomic E-state index is 0.0769. The van der Waals surface area contributed by atoms with Crippen LogP contribution in [0.3, 0.4) is 0 Å². The van der Waals surface area contributed by atoms with Crippen molar-refractivity contribution in [3.8, 4) is 5.75 Å². The average molecular weight is 363 g/mol. The largest absolute Gasteiger partial charge is 0.497 e. The van der Waals surface area contributed by atoms with Crippen LogP contribution in [0.5, 0.6) is 5.75 Å². The summed E-state index contributed by atoms with van der Waals surface area (Å²) in [5.74, 6) is -0.234. The van der Waals surface area contributed by atoms with Gasteiger partial charge in [-0.1, -0.05) is 25.5 Å². The predicted octanol–water partition coefficient (Wildman–Crippen LogP) is 3.24. The van der Waals surface area contributed by atoms with Gasteiger partial charge in [-0.15, -0.1) is 0 Å². The summed E-state index contributed by atoms with van der Waals surface area (Å²) in [5, 5.41) is 0. The van der Waals surface area contributed by atoms with E-state index in [1.165, 1.54) is 26.4 Å². The van der Waals surface area contributed by atoms with E-state index >= 15 is 0 Å². The Kier molecular flexibility index (Phi) is 6.03. The third kappa shape index (κ3) is 4.51. The molecule has 0 saturated carbocycles. The predicted molar refractivity (Wildman–Crippen MR) is 95.6 cm³/mol. The van der Waals surface area contributed by atoms with Gasteiger partial charge in [-0.2, -0.15) is 0 Å². The molecule has 2 rings (SSSR count). The highest BCUT2D eigenvalue weighted by Gasteiger charge is 2.20. The van der Waals surface area contributed by atoms with Crippen LogP contribution < -0.4 is 9.46 Å². The van der Waals surface area contributed by atoms with E-state index in [1.807, 2.05) is 0 Å². The molecular weight excluding hydrogens is 342 g/mol. The van der Waals surface area contributed by atoms with E-state index in [0.29, 0.717) is 5.75 Å². The number of nitrogens with one attached hydrogen (secondary N) is 1. The number of sulfonamides is 1. The number of hydrogen-bond acceptors (Lipinski definition) is 5. The first-order valence-corrected chi connectivity index (χ1v) is 9.27. The highest BCUT2D eigenvalue weighted by Crippen LogP contribution is 2.25. The topological polar surface area (TPSA) is 81.7 Å². The number of carbonyl (C=O) groups excluding carboxylic acids is 1. The second-order valence-corrected chi connectivity index (χ2v) is 7.08. The summed E-state index contributed by atoms with van der Waals surface area (Å²) in [5.41, 5.74) is 1.28. The number of esters is 1. The SMILES string of the molecule is CCCc1ccc(S(=O)(=O)Nc2ccc(OC)cc2C(=O)OC)cc1. The van der Waals surface area contributed by atoms with Gasteiger partial charge in [0.15, 0.2) is 0 Å². The van der Waals surface area contributed by atoms with Gasteiger partial charge in [0.05, 0.1) is 30.4 Å². The molecule has 0 spiro atoms. The van der Waals surface area contributed by atoms with Gasteiger partial charge >= 0.3 is 5.97 Å². The number of carbonyl (C=O) groups is 1. The molecule has 0 aliphatic heterocycles. The maximum atomic E-state index is 12.6. The lowest BCUT2D eigenvalue weighted by Crippen LogP contribution is -2.16. The number of methoxy groups -OCH3 is 2. The zero-order chi connectivity index (χ0) is 18.4. The third-order valence-corrected chi connectivity index (χ3v) is 5.03. The molecule has 7 heteroatoms. The lowest BCUT2D eigenvalue weighted by Gasteiger charge is -2.13. The van der Waals surface area contributed by atoms with Gasteiger partial charge in [0, 0.05) is 0 Å². The van der Waals surface area contributed by atoms with Crippen LogP contribution in [0.4, 0.5) is 5.69 Å². The first-order valence-electron chi connectivity index (χ1n) is 7.79. The summed E-state index contributed by atoms with van der Waals surface area (Å²) >= 11 is 0. The van der Waals surface area contributed by atoms with Gasteiger partial charge in [0.1, 0.15) is 5.75 Å². The van der Waals surface area contributed by atoms with Gasteiger partial charge in [-0.05, 0) is 42.3 Å². The van der Waals surface area contributed by atoms with Crippen molar-refractivity contribution >= 4 is 21.7 Å². The molecule has 0 atom stereocenters. The Morgan fingerprint density at radius 2 is 1.76 bits per heavy atom. The Labute approximate surface area is 147 Å². The van der Waals surface area contributed by atoms with Crippen LogP contribution in [-0.2, 0) is 21.2 Å². The Morgan fingerprint density at radius 3 is 2.32 bits per heavy atom. The number of hydrogen-bond donors (Lipinski definition) is 1. The normalized spacial score (nSPS) is 11.0. The number of aryl methyl sites for hydroxylation is 1. The lowest BCUT2D eigenvalue weighted by molar-refractivity contribution is 0.0601. The molecule has 0 aromatic heterocycles. The number of ether oxygens (including phenoxy) is 2. The molecule has 0 radical (unpaired) electrons. The van der Waals surface area contributed by atoms with Crippen molar-refractivity contribution in [1.82, 2.24) is 0 Å². The molecule has 0 heterocycles. The van der Waals surface area contributed by atoms with Crippen molar-refractivity contribution in [2.45, 2.75) is 24.7 Å². The Morgan fingerprint density at radius 1 is 1.08 bits per heavy atom. The Bertz CT molecular complexity index is 844. The zero-order valence-corrected chi connectivity index (χ0v) is 15.2. The summed E-state index contributed by atoms with van der Waals surface area (Å²) in [6.07, 6.45) is 1.87. The summed E-state index contributed by atoms with van der Waals surface area (Å²) in [4.78, 5) is 12.1. The minimum Gasteiger partial charge on any atom is -0.497 e. The third-order valence-electron chi connectivity index (χ3n) is 3.65. The van der Waals surface area contributed by atoms with Gasteiger partial charge in [0.2, 0.25) is 0 Å². The summed E-state index contributed by atoms with van der Waals surface area (Å²) in [6.45, 7) is 2.06. The van der Waals surface area contributed by atoms with Gasteiger partial charge in [-0.25, -0.2) is 13.2 Å². The van der Waals surface area contributed by atoms with Crippen LogP contribution in [0.1, 0.15) is 29.3 Å². The number of rotatable bonds is 7. The molecule has 0 unspecified atom stereocenters. The van der Waals surface area contributed by atoms with E-state index in [0.717, 1.165) is 18.4 Å². The summed E-state index contributed by atoms with van der Waals surface area (Å²) in [6, 6.07) is 11.1. The molecule has 0 amide bonds. The van der Waals surface area contributed by atoms with Crippen LogP contribution in [0, 0.1) is 0 Å². The molecular formula is C18H21NO5S. The monoisotopic (exact) mass is 363 g/mol. The second-order valence-electron chi connectivity index (χ2n) is 5.40. The number of benzene rings is 2. The van der Waals surface area contributed by atoms with E-state index in [4.69, 9.17) is 9.47 Å². The molecule has 0 aliphatic rings. The average Bonchev–Trinajstić information content (AvgIpc) is 2.62. The molecule has 134 valence electrons. The smallest absolute Gasteiger partial charge is 0.340 e. The van der Waals surface area contributed by atoms with Crippen LogP contribution in [0.25, 0.3) is 0 Å². The molecule has 2 aromatic carbocycles. The van der Waals surface area contributed by atoms with Crippen molar-refractivity contribution in [3.63, 3.8) is 0 Å². The second kappa shape index (κ2) is 8.02. The first-order chi connectivity index (χ1) is 11.9. The molecule has 0 saturated heterocycles. The quantitative estimate of drug-likeness (QED) is 0.764. The van der Waals surface area contributed by atoms with Crippen molar-refractivity contribution in [2.24, 2.45) is 0 Å². The van der Waals surface area contributed by atoms with Crippen molar-refractivity contribution in [2.75, 3.05) is 18.9 Å². The van der Waals surface area contributed by atoms with Gasteiger partial charge in [0.25, 0.3) is 10.0 Å². The Balaban J connectivity index is 2.35. The molecule has 25 heavy (non-hydrogen) atoms. The van der Waals surface area contributed by atoms with E-state index in [1.54, 1.807) is 30.3 Å². The van der Waals surface area contributed by atoms with Crippen LogP contribution in [-0.4, -0.2) is 28.6 Å². The minimum atomic E-state index is -3.83. The van der Waals surface area contributed by atoms with E-state index in [2.05, 4.69) is 11.6 Å². The van der Waals surface area contributed by atoms with E-state index in [9.17, 15) is 13.2 Å². The maximum absolute atomic E-state index is 12.6. The zero-order valence-electron chi connectivity index (χ0n) is 14.4. The lowest BCUT2D eigenvalue weighted by atomic mass is 10.1. The molecule has 1 N–H and O–H groups in total.